The van der Waals surface area contributed by atoms with E-state index in [0.717, 1.165) is 4.90 Å². The van der Waals surface area contributed by atoms with Gasteiger partial charge < -0.3 is 5.32 Å². The fourth-order valence-electron chi connectivity index (χ4n) is 2.69. The van der Waals surface area contributed by atoms with Crippen LogP contribution in [-0.4, -0.2) is 27.7 Å². The number of benzene rings is 2. The van der Waals surface area contributed by atoms with E-state index in [2.05, 4.69) is 15.3 Å². The average Bonchev–Trinajstić information content (AvgIpc) is 2.95. The lowest BCUT2D eigenvalue weighted by Crippen LogP contribution is -2.29. The van der Waals surface area contributed by atoms with Gasteiger partial charge in [-0.3, -0.25) is 14.4 Å². The highest BCUT2D eigenvalue weighted by Crippen LogP contribution is 2.26. The Morgan fingerprint density at radius 2 is 1.41 bits per heavy atom. The van der Waals surface area contributed by atoms with Crippen molar-refractivity contribution >= 4 is 29.1 Å². The first-order chi connectivity index (χ1) is 13.0. The number of halogens is 1. The minimum atomic E-state index is -0.563. The smallest absolute Gasteiger partial charge is 0.286 e. The van der Waals surface area contributed by atoms with Gasteiger partial charge in [0.25, 0.3) is 17.7 Å². The zero-order valence-corrected chi connectivity index (χ0v) is 13.7. The Morgan fingerprint density at radius 1 is 0.852 bits per heavy atom. The minimum Gasteiger partial charge on any atom is -0.322 e. The molecule has 0 unspecified atom stereocenters. The number of amides is 3. The first-order valence-electron chi connectivity index (χ1n) is 7.91. The number of hydrogen-bond donors (Lipinski definition) is 1. The lowest BCUT2D eigenvalue weighted by Gasteiger charge is -2.13. The highest BCUT2D eigenvalue weighted by molar-refractivity contribution is 6.33. The molecule has 8 heteroatoms. The summed E-state index contributed by atoms with van der Waals surface area (Å²) in [6.45, 7) is 0. The summed E-state index contributed by atoms with van der Waals surface area (Å²) in [4.78, 5) is 45.8. The standard InChI is InChI=1S/C19H11FN4O3/c20-12-3-5-13(6-4-12)23-17(25)11-1-7-14(8-2-11)24-18(26)15-16(19(24)27)22-10-9-21-15/h1-10H,(H,23,25). The van der Waals surface area contributed by atoms with Gasteiger partial charge in [-0.15, -0.1) is 0 Å². The number of imide groups is 1. The van der Waals surface area contributed by atoms with Crippen molar-refractivity contribution in [3.05, 3.63) is 83.7 Å². The van der Waals surface area contributed by atoms with Crippen LogP contribution in [0.1, 0.15) is 31.3 Å². The summed E-state index contributed by atoms with van der Waals surface area (Å²) >= 11 is 0. The maximum Gasteiger partial charge on any atom is 0.286 e. The van der Waals surface area contributed by atoms with Crippen LogP contribution >= 0.6 is 0 Å². The third-order valence-corrected chi connectivity index (χ3v) is 4.00. The molecule has 1 N–H and O–H groups in total. The van der Waals surface area contributed by atoms with E-state index in [1.165, 1.54) is 60.9 Å². The van der Waals surface area contributed by atoms with Crippen LogP contribution in [0.4, 0.5) is 15.8 Å². The van der Waals surface area contributed by atoms with Gasteiger partial charge in [-0.1, -0.05) is 0 Å². The number of nitrogens with one attached hydrogen (secondary N) is 1. The molecule has 132 valence electrons. The Bertz CT molecular complexity index is 1030. The molecular weight excluding hydrogens is 351 g/mol. The molecule has 0 fully saturated rings. The summed E-state index contributed by atoms with van der Waals surface area (Å²) in [7, 11) is 0. The van der Waals surface area contributed by atoms with Gasteiger partial charge in [-0.05, 0) is 48.5 Å². The van der Waals surface area contributed by atoms with Gasteiger partial charge >= 0.3 is 0 Å². The van der Waals surface area contributed by atoms with E-state index in [-0.39, 0.29) is 11.4 Å². The third kappa shape index (κ3) is 2.93. The fraction of sp³-hybridized carbons (Fsp3) is 0. The summed E-state index contributed by atoms with van der Waals surface area (Å²) in [5.74, 6) is -1.93. The number of nitrogens with zero attached hydrogens (tertiary/aromatic N) is 3. The van der Waals surface area contributed by atoms with Gasteiger partial charge in [-0.2, -0.15) is 0 Å². The van der Waals surface area contributed by atoms with E-state index in [0.29, 0.717) is 16.9 Å². The molecule has 27 heavy (non-hydrogen) atoms. The van der Waals surface area contributed by atoms with Crippen molar-refractivity contribution < 1.29 is 18.8 Å². The molecule has 0 radical (unpaired) electrons. The molecule has 0 spiro atoms. The lowest BCUT2D eigenvalue weighted by molar-refractivity contribution is 0.0922. The molecular formula is C19H11FN4O3. The summed E-state index contributed by atoms with van der Waals surface area (Å²) in [6.07, 6.45) is 2.69. The Balaban J connectivity index is 1.54. The molecule has 3 aromatic rings. The van der Waals surface area contributed by atoms with Crippen molar-refractivity contribution in [3.8, 4) is 0 Å². The topological polar surface area (TPSA) is 92.3 Å². The largest absolute Gasteiger partial charge is 0.322 e. The molecule has 0 saturated carbocycles. The molecule has 0 aliphatic carbocycles. The molecule has 1 aromatic heterocycles. The highest BCUT2D eigenvalue weighted by atomic mass is 19.1. The summed E-state index contributed by atoms with van der Waals surface area (Å²) in [6, 6.07) is 11.3. The predicted octanol–water partition coefficient (Wildman–Crippen LogP) is 2.67. The van der Waals surface area contributed by atoms with Crippen molar-refractivity contribution in [2.45, 2.75) is 0 Å². The number of carbonyl (C=O) groups is 3. The zero-order valence-electron chi connectivity index (χ0n) is 13.7. The van der Waals surface area contributed by atoms with Crippen LogP contribution in [0.2, 0.25) is 0 Å². The SMILES string of the molecule is O=C(Nc1ccc(F)cc1)c1ccc(N2C(=O)c3nccnc3C2=O)cc1. The second kappa shape index (κ2) is 6.41. The number of anilines is 2. The summed E-state index contributed by atoms with van der Waals surface area (Å²) in [5, 5.41) is 2.63. The molecule has 0 atom stereocenters. The van der Waals surface area contributed by atoms with Crippen molar-refractivity contribution in [2.75, 3.05) is 10.2 Å². The molecule has 0 saturated heterocycles. The van der Waals surface area contributed by atoms with E-state index in [1.807, 2.05) is 0 Å². The predicted molar refractivity (Wildman–Crippen MR) is 94.0 cm³/mol. The van der Waals surface area contributed by atoms with Gasteiger partial charge in [0.1, 0.15) is 5.82 Å². The van der Waals surface area contributed by atoms with Gasteiger partial charge in [-0.25, -0.2) is 19.3 Å². The number of aromatic nitrogens is 2. The van der Waals surface area contributed by atoms with Gasteiger partial charge in [0.05, 0.1) is 5.69 Å². The maximum absolute atomic E-state index is 12.9. The molecule has 7 nitrogen and oxygen atoms in total. The average molecular weight is 362 g/mol. The van der Waals surface area contributed by atoms with Crippen LogP contribution in [0, 0.1) is 5.82 Å². The minimum absolute atomic E-state index is 0.000583. The molecule has 0 bridgehead atoms. The van der Waals surface area contributed by atoms with Gasteiger partial charge in [0, 0.05) is 23.6 Å². The number of rotatable bonds is 3. The first kappa shape index (κ1) is 16.5. The zero-order chi connectivity index (χ0) is 19.0. The van der Waals surface area contributed by atoms with Gasteiger partial charge in [0.2, 0.25) is 0 Å². The molecule has 4 rings (SSSR count). The van der Waals surface area contributed by atoms with Crippen LogP contribution in [0.5, 0.6) is 0 Å². The Labute approximate surface area is 152 Å². The van der Waals surface area contributed by atoms with Crippen LogP contribution in [-0.2, 0) is 0 Å². The monoisotopic (exact) mass is 362 g/mol. The van der Waals surface area contributed by atoms with Crippen molar-refractivity contribution in [1.29, 1.82) is 0 Å². The maximum atomic E-state index is 12.9. The Morgan fingerprint density at radius 3 is 1.96 bits per heavy atom. The fourth-order valence-corrected chi connectivity index (χ4v) is 2.69. The van der Waals surface area contributed by atoms with Crippen LogP contribution in [0.3, 0.4) is 0 Å². The summed E-state index contributed by atoms with van der Waals surface area (Å²) in [5.41, 5.74) is 1.07. The molecule has 2 aromatic carbocycles. The third-order valence-electron chi connectivity index (χ3n) is 4.00. The van der Waals surface area contributed by atoms with E-state index >= 15 is 0 Å². The highest BCUT2D eigenvalue weighted by Gasteiger charge is 2.39. The Kier molecular flexibility index (Phi) is 3.92. The number of carbonyl (C=O) groups excluding carboxylic acids is 3. The van der Waals surface area contributed by atoms with E-state index in [4.69, 9.17) is 0 Å². The van der Waals surface area contributed by atoms with E-state index in [1.54, 1.807) is 0 Å². The second-order valence-electron chi connectivity index (χ2n) is 5.71. The second-order valence-corrected chi connectivity index (χ2v) is 5.71. The first-order valence-corrected chi connectivity index (χ1v) is 7.91. The quantitative estimate of drug-likeness (QED) is 0.723. The number of fused-ring (bicyclic) bond motifs is 1. The van der Waals surface area contributed by atoms with E-state index < -0.39 is 23.5 Å². The molecule has 1 aliphatic rings. The van der Waals surface area contributed by atoms with Crippen LogP contribution in [0.25, 0.3) is 0 Å². The van der Waals surface area contributed by atoms with Crippen molar-refractivity contribution in [2.24, 2.45) is 0 Å². The summed E-state index contributed by atoms with van der Waals surface area (Å²) < 4.78 is 12.9. The normalized spacial score (nSPS) is 12.9. The molecule has 2 heterocycles. The number of hydrogen-bond acceptors (Lipinski definition) is 5. The van der Waals surface area contributed by atoms with Crippen LogP contribution < -0.4 is 10.2 Å². The van der Waals surface area contributed by atoms with Crippen molar-refractivity contribution in [1.82, 2.24) is 9.97 Å². The van der Waals surface area contributed by atoms with E-state index in [9.17, 15) is 18.8 Å². The van der Waals surface area contributed by atoms with Crippen molar-refractivity contribution in [3.63, 3.8) is 0 Å². The molecule has 1 aliphatic heterocycles. The van der Waals surface area contributed by atoms with Gasteiger partial charge in [0.15, 0.2) is 11.4 Å². The van der Waals surface area contributed by atoms with Crippen LogP contribution in [0.15, 0.2) is 60.9 Å². The molecule has 3 amide bonds. The lowest BCUT2D eigenvalue weighted by atomic mass is 10.1. The Hall–Kier alpha value is -3.94.